The number of hydrogen-bond acceptors (Lipinski definition) is 8. The van der Waals surface area contributed by atoms with E-state index in [1.165, 1.54) is 6.07 Å². The van der Waals surface area contributed by atoms with Gasteiger partial charge in [-0.2, -0.15) is 0 Å². The van der Waals surface area contributed by atoms with Crippen molar-refractivity contribution in [3.63, 3.8) is 0 Å². The summed E-state index contributed by atoms with van der Waals surface area (Å²) in [5.74, 6) is -2.23. The lowest BCUT2D eigenvalue weighted by Crippen LogP contribution is -2.20. The zero-order valence-corrected chi connectivity index (χ0v) is 22.2. The van der Waals surface area contributed by atoms with E-state index in [-0.39, 0.29) is 22.5 Å². The first-order valence-electron chi connectivity index (χ1n) is 12.2. The highest BCUT2D eigenvalue weighted by molar-refractivity contribution is 5.96. The van der Waals surface area contributed by atoms with Gasteiger partial charge in [0.25, 0.3) is 0 Å². The SMILES string of the molecule is CN(C)CCOCCc1cc(N)c(C(=O)O)c(CCOCCN(C)C)c1Cc1ccc(N)c(C(=O)O)c1. The minimum atomic E-state index is -1.12. The Bertz CT molecular complexity index is 1070. The van der Waals surface area contributed by atoms with Crippen molar-refractivity contribution in [3.05, 3.63) is 57.6 Å². The second-order valence-electron chi connectivity index (χ2n) is 9.50. The molecular formula is C27H40N4O6. The van der Waals surface area contributed by atoms with Crippen molar-refractivity contribution in [2.24, 2.45) is 0 Å². The van der Waals surface area contributed by atoms with Crippen LogP contribution in [0.3, 0.4) is 0 Å². The molecule has 0 aliphatic heterocycles. The second-order valence-corrected chi connectivity index (χ2v) is 9.50. The number of anilines is 2. The van der Waals surface area contributed by atoms with Crippen LogP contribution in [0.25, 0.3) is 0 Å². The smallest absolute Gasteiger partial charge is 0.338 e. The number of carbonyl (C=O) groups is 2. The van der Waals surface area contributed by atoms with Crippen molar-refractivity contribution in [1.82, 2.24) is 9.80 Å². The molecule has 2 rings (SSSR count). The Balaban J connectivity index is 2.45. The molecule has 10 nitrogen and oxygen atoms in total. The van der Waals surface area contributed by atoms with Crippen LogP contribution in [-0.2, 0) is 28.7 Å². The van der Waals surface area contributed by atoms with E-state index in [0.29, 0.717) is 56.8 Å². The molecule has 0 radical (unpaired) electrons. The van der Waals surface area contributed by atoms with Crippen LogP contribution in [0.2, 0.25) is 0 Å². The summed E-state index contributed by atoms with van der Waals surface area (Å²) in [6, 6.07) is 6.54. The molecule has 0 aromatic heterocycles. The highest BCUT2D eigenvalue weighted by Crippen LogP contribution is 2.30. The number of benzene rings is 2. The molecule has 204 valence electrons. The number of rotatable bonds is 16. The molecule has 0 aliphatic rings. The van der Waals surface area contributed by atoms with Crippen molar-refractivity contribution in [1.29, 1.82) is 0 Å². The molecule has 2 aromatic rings. The average molecular weight is 517 g/mol. The van der Waals surface area contributed by atoms with Crippen molar-refractivity contribution >= 4 is 23.3 Å². The fourth-order valence-corrected chi connectivity index (χ4v) is 4.00. The van der Waals surface area contributed by atoms with Gasteiger partial charge in [0, 0.05) is 24.5 Å². The van der Waals surface area contributed by atoms with Gasteiger partial charge in [0.1, 0.15) is 0 Å². The summed E-state index contributed by atoms with van der Waals surface area (Å²) in [6.45, 7) is 3.37. The van der Waals surface area contributed by atoms with Crippen molar-refractivity contribution in [2.45, 2.75) is 19.3 Å². The molecule has 0 aliphatic carbocycles. The van der Waals surface area contributed by atoms with Gasteiger partial charge < -0.3 is 41.0 Å². The molecule has 0 unspecified atom stereocenters. The maximum atomic E-state index is 12.2. The number of nitrogens with zero attached hydrogens (tertiary/aromatic N) is 2. The summed E-state index contributed by atoms with van der Waals surface area (Å²) >= 11 is 0. The number of hydrogen-bond donors (Lipinski definition) is 4. The Morgan fingerprint density at radius 3 is 1.92 bits per heavy atom. The minimum absolute atomic E-state index is 0.00791. The van der Waals surface area contributed by atoms with Gasteiger partial charge in [-0.05, 0) is 87.9 Å². The number of carboxylic acids is 2. The first-order valence-corrected chi connectivity index (χ1v) is 12.2. The van der Waals surface area contributed by atoms with Crippen LogP contribution >= 0.6 is 0 Å². The molecule has 0 amide bonds. The topological polar surface area (TPSA) is 152 Å². The van der Waals surface area contributed by atoms with Crippen LogP contribution in [0, 0.1) is 0 Å². The number of carboxylic acid groups (broad SMARTS) is 2. The Morgan fingerprint density at radius 2 is 1.38 bits per heavy atom. The highest BCUT2D eigenvalue weighted by atomic mass is 16.5. The van der Waals surface area contributed by atoms with Gasteiger partial charge >= 0.3 is 11.9 Å². The van der Waals surface area contributed by atoms with Gasteiger partial charge in [0.2, 0.25) is 0 Å². The van der Waals surface area contributed by atoms with Crippen LogP contribution in [0.4, 0.5) is 11.4 Å². The number of nitrogens with two attached hydrogens (primary N) is 2. The Labute approximate surface area is 218 Å². The van der Waals surface area contributed by atoms with Gasteiger partial charge in [-0.3, -0.25) is 0 Å². The molecular weight excluding hydrogens is 476 g/mol. The lowest BCUT2D eigenvalue weighted by Gasteiger charge is -2.21. The summed E-state index contributed by atoms with van der Waals surface area (Å²) in [5.41, 5.74) is 15.5. The summed E-state index contributed by atoms with van der Waals surface area (Å²) in [7, 11) is 7.84. The van der Waals surface area contributed by atoms with Crippen molar-refractivity contribution in [3.8, 4) is 0 Å². The zero-order chi connectivity index (χ0) is 27.5. The fourth-order valence-electron chi connectivity index (χ4n) is 4.00. The molecule has 6 N–H and O–H groups in total. The molecule has 0 saturated heterocycles. The summed E-state index contributed by atoms with van der Waals surface area (Å²) in [6.07, 6.45) is 1.20. The Morgan fingerprint density at radius 1 is 0.784 bits per heavy atom. The van der Waals surface area contributed by atoms with E-state index < -0.39 is 11.9 Å². The van der Waals surface area contributed by atoms with E-state index in [9.17, 15) is 19.8 Å². The zero-order valence-electron chi connectivity index (χ0n) is 22.2. The lowest BCUT2D eigenvalue weighted by molar-refractivity contribution is 0.0685. The third kappa shape index (κ3) is 9.32. The van der Waals surface area contributed by atoms with Crippen LogP contribution < -0.4 is 11.5 Å². The summed E-state index contributed by atoms with van der Waals surface area (Å²) in [5, 5.41) is 19.5. The predicted octanol–water partition coefficient (Wildman–Crippen LogP) is 2.08. The van der Waals surface area contributed by atoms with Crippen LogP contribution in [0.1, 0.15) is 43.0 Å². The maximum Gasteiger partial charge on any atom is 0.338 e. The van der Waals surface area contributed by atoms with E-state index in [0.717, 1.165) is 24.2 Å². The standard InChI is InChI=1S/C27H40N4O6/c1-30(2)9-13-36-11-7-19-17-24(29)25(27(34)35)20(8-12-37-14-10-31(3)4)21(19)15-18-5-6-23(28)22(16-18)26(32)33/h5-6,16-17H,7-15,28-29H2,1-4H3,(H,32,33)(H,34,35). The third-order valence-electron chi connectivity index (χ3n) is 5.99. The molecule has 10 heteroatoms. The monoisotopic (exact) mass is 516 g/mol. The van der Waals surface area contributed by atoms with Crippen LogP contribution in [0.5, 0.6) is 0 Å². The molecule has 2 aromatic carbocycles. The molecule has 37 heavy (non-hydrogen) atoms. The van der Waals surface area contributed by atoms with Gasteiger partial charge in [0.05, 0.1) is 37.6 Å². The van der Waals surface area contributed by atoms with Gasteiger partial charge in [-0.15, -0.1) is 0 Å². The van der Waals surface area contributed by atoms with E-state index in [1.807, 2.05) is 38.0 Å². The normalized spacial score (nSPS) is 11.4. The number of nitrogen functional groups attached to an aromatic ring is 2. The van der Waals surface area contributed by atoms with E-state index in [1.54, 1.807) is 18.2 Å². The molecule has 0 saturated carbocycles. The second kappa shape index (κ2) is 14.5. The van der Waals surface area contributed by atoms with Crippen LogP contribution in [0.15, 0.2) is 24.3 Å². The predicted molar refractivity (Wildman–Crippen MR) is 145 cm³/mol. The van der Waals surface area contributed by atoms with Crippen molar-refractivity contribution < 1.29 is 29.3 Å². The first kappa shape index (κ1) is 30.0. The van der Waals surface area contributed by atoms with E-state index in [2.05, 4.69) is 0 Å². The fraction of sp³-hybridized carbons (Fsp3) is 0.481. The quantitative estimate of drug-likeness (QED) is 0.193. The number of likely N-dealkylation sites (N-methyl/N-ethyl adjacent to an activating group) is 2. The Kier molecular flexibility index (Phi) is 11.8. The number of ether oxygens (including phenoxy) is 2. The van der Waals surface area contributed by atoms with E-state index in [4.69, 9.17) is 20.9 Å². The first-order chi connectivity index (χ1) is 17.5. The summed E-state index contributed by atoms with van der Waals surface area (Å²) in [4.78, 5) is 27.9. The minimum Gasteiger partial charge on any atom is -0.478 e. The highest BCUT2D eigenvalue weighted by Gasteiger charge is 2.22. The van der Waals surface area contributed by atoms with Gasteiger partial charge in [0.15, 0.2) is 0 Å². The Hall–Kier alpha value is -3.18. The molecule has 0 heterocycles. The average Bonchev–Trinajstić information content (AvgIpc) is 2.80. The lowest BCUT2D eigenvalue weighted by atomic mass is 9.87. The third-order valence-corrected chi connectivity index (χ3v) is 5.99. The molecule has 0 bridgehead atoms. The van der Waals surface area contributed by atoms with E-state index >= 15 is 0 Å². The van der Waals surface area contributed by atoms with Crippen LogP contribution in [-0.4, -0.2) is 99.7 Å². The molecule has 0 fully saturated rings. The van der Waals surface area contributed by atoms with Crippen molar-refractivity contribution in [2.75, 3.05) is 79.2 Å². The van der Waals surface area contributed by atoms with Gasteiger partial charge in [-0.1, -0.05) is 6.07 Å². The summed E-state index contributed by atoms with van der Waals surface area (Å²) < 4.78 is 11.6. The van der Waals surface area contributed by atoms with Gasteiger partial charge in [-0.25, -0.2) is 9.59 Å². The molecule has 0 spiro atoms. The maximum absolute atomic E-state index is 12.2. The largest absolute Gasteiger partial charge is 0.478 e. The number of aromatic carboxylic acids is 2. The molecule has 0 atom stereocenters.